The summed E-state index contributed by atoms with van der Waals surface area (Å²) in [7, 11) is -0.140. The first-order valence-electron chi connectivity index (χ1n) is 5.38. The minimum Gasteiger partial charge on any atom is -0.311 e. The summed E-state index contributed by atoms with van der Waals surface area (Å²) in [5.41, 5.74) is 0. The third-order valence-electron chi connectivity index (χ3n) is 3.33. The molecule has 1 N–H and O–H groups in total. The molecule has 0 unspecified atom stereocenters. The fourth-order valence-electron chi connectivity index (χ4n) is 2.17. The van der Waals surface area contributed by atoms with E-state index in [0.29, 0.717) is 12.0 Å². The molecule has 0 spiro atoms. The summed E-state index contributed by atoms with van der Waals surface area (Å²) in [5.74, 6) is 0.536. The molecule has 5 heteroatoms. The summed E-state index contributed by atoms with van der Waals surface area (Å²) in [6.07, 6.45) is 1.85. The van der Waals surface area contributed by atoms with Gasteiger partial charge in [-0.2, -0.15) is 0 Å². The summed E-state index contributed by atoms with van der Waals surface area (Å²) in [6.45, 7) is 6.24. The van der Waals surface area contributed by atoms with Gasteiger partial charge in [-0.3, -0.25) is 9.88 Å². The van der Waals surface area contributed by atoms with E-state index in [9.17, 15) is 4.57 Å². The van der Waals surface area contributed by atoms with Crippen LogP contribution in [0.1, 0.15) is 33.6 Å². The van der Waals surface area contributed by atoms with Gasteiger partial charge >= 0.3 is 7.60 Å². The summed E-state index contributed by atoms with van der Waals surface area (Å²) in [4.78, 5) is 0. The highest BCUT2D eigenvalue weighted by Crippen LogP contribution is 2.61. The Kier molecular flexibility index (Phi) is 3.99. The van der Waals surface area contributed by atoms with Crippen LogP contribution in [0.4, 0.5) is 0 Å². The van der Waals surface area contributed by atoms with Crippen molar-refractivity contribution < 1.29 is 13.6 Å². The smallest absolute Gasteiger partial charge is 0.311 e. The van der Waals surface area contributed by atoms with E-state index < -0.39 is 12.9 Å². The monoisotopic (exact) mass is 235 g/mol. The number of hydrogen-bond acceptors (Lipinski definition) is 4. The molecule has 0 amide bonds. The van der Waals surface area contributed by atoms with Crippen molar-refractivity contribution in [2.45, 2.75) is 44.9 Å². The Labute approximate surface area is 92.3 Å². The maximum atomic E-state index is 12.3. The first-order chi connectivity index (χ1) is 6.88. The molecule has 1 aliphatic heterocycles. The van der Waals surface area contributed by atoms with Crippen molar-refractivity contribution in [1.29, 1.82) is 0 Å². The summed E-state index contributed by atoms with van der Waals surface area (Å²) in [5, 5.41) is 2.86. The summed E-state index contributed by atoms with van der Waals surface area (Å²) in [6, 6.07) is 0.397. The van der Waals surface area contributed by atoms with Gasteiger partial charge in [0.2, 0.25) is 0 Å². The van der Waals surface area contributed by atoms with Gasteiger partial charge in [0.05, 0.1) is 0 Å². The van der Waals surface area contributed by atoms with E-state index in [0.717, 1.165) is 12.8 Å². The minimum atomic E-state index is -3.03. The first kappa shape index (κ1) is 13.2. The summed E-state index contributed by atoms with van der Waals surface area (Å²) < 4.78 is 22.5. The molecule has 2 atom stereocenters. The molecule has 1 rings (SSSR count). The molecule has 15 heavy (non-hydrogen) atoms. The van der Waals surface area contributed by atoms with E-state index >= 15 is 0 Å². The molecule has 0 bridgehead atoms. The first-order valence-corrected chi connectivity index (χ1v) is 6.92. The van der Waals surface area contributed by atoms with Crippen LogP contribution < -0.4 is 5.32 Å². The molecule has 0 radical (unpaired) electrons. The van der Waals surface area contributed by atoms with Crippen molar-refractivity contribution in [3.05, 3.63) is 0 Å². The van der Waals surface area contributed by atoms with Crippen LogP contribution in [-0.2, 0) is 13.6 Å². The standard InChI is InChI=1S/C10H22NO3P/c1-8(2)9-6-7-10(3,11-9)15(12,13-4)14-5/h8-9,11H,6-7H2,1-5H3/t9-,10+/m0/s1. The maximum absolute atomic E-state index is 12.3. The lowest BCUT2D eigenvalue weighted by atomic mass is 10.0. The average Bonchev–Trinajstić information content (AvgIpc) is 2.61. The van der Waals surface area contributed by atoms with Crippen molar-refractivity contribution >= 4 is 7.60 Å². The van der Waals surface area contributed by atoms with E-state index in [4.69, 9.17) is 9.05 Å². The van der Waals surface area contributed by atoms with E-state index in [2.05, 4.69) is 19.2 Å². The second-order valence-corrected chi connectivity index (χ2v) is 7.38. The molecule has 0 saturated carbocycles. The normalized spacial score (nSPS) is 32.5. The van der Waals surface area contributed by atoms with Gasteiger partial charge < -0.3 is 9.05 Å². The molecule has 4 nitrogen and oxygen atoms in total. The number of hydrogen-bond donors (Lipinski definition) is 1. The van der Waals surface area contributed by atoms with Gasteiger partial charge in [-0.1, -0.05) is 13.8 Å². The molecular weight excluding hydrogens is 213 g/mol. The molecule has 0 aliphatic carbocycles. The molecule has 1 saturated heterocycles. The van der Waals surface area contributed by atoms with Crippen LogP contribution in [-0.4, -0.2) is 25.5 Å². The Balaban J connectivity index is 2.82. The Hall–Kier alpha value is 0.110. The number of rotatable bonds is 4. The third kappa shape index (κ3) is 2.28. The topological polar surface area (TPSA) is 47.6 Å². The highest BCUT2D eigenvalue weighted by atomic mass is 31.2. The zero-order chi connectivity index (χ0) is 11.7. The van der Waals surface area contributed by atoms with Crippen molar-refractivity contribution in [2.24, 2.45) is 5.92 Å². The van der Waals surface area contributed by atoms with Gasteiger partial charge in [-0.05, 0) is 25.7 Å². The average molecular weight is 235 g/mol. The molecule has 1 heterocycles. The third-order valence-corrected chi connectivity index (χ3v) is 5.85. The van der Waals surface area contributed by atoms with Gasteiger partial charge in [-0.15, -0.1) is 0 Å². The molecule has 0 aromatic carbocycles. The fourth-order valence-corrected chi connectivity index (χ4v) is 3.86. The van der Waals surface area contributed by atoms with Crippen LogP contribution in [0.5, 0.6) is 0 Å². The van der Waals surface area contributed by atoms with Gasteiger partial charge in [-0.25, -0.2) is 0 Å². The van der Waals surface area contributed by atoms with Crippen LogP contribution in [0.3, 0.4) is 0 Å². The van der Waals surface area contributed by atoms with Crippen molar-refractivity contribution in [1.82, 2.24) is 5.32 Å². The van der Waals surface area contributed by atoms with E-state index in [1.54, 1.807) is 0 Å². The van der Waals surface area contributed by atoms with Crippen molar-refractivity contribution in [3.63, 3.8) is 0 Å². The predicted molar refractivity (Wildman–Crippen MR) is 61.0 cm³/mol. The van der Waals surface area contributed by atoms with Gasteiger partial charge in [0, 0.05) is 20.3 Å². The second-order valence-electron chi connectivity index (χ2n) is 4.67. The van der Waals surface area contributed by atoms with E-state index in [-0.39, 0.29) is 0 Å². The van der Waals surface area contributed by atoms with Crippen molar-refractivity contribution in [2.75, 3.05) is 14.2 Å². The van der Waals surface area contributed by atoms with Gasteiger partial charge in [0.15, 0.2) is 0 Å². The zero-order valence-corrected chi connectivity index (χ0v) is 11.1. The lowest BCUT2D eigenvalue weighted by Gasteiger charge is -2.32. The highest BCUT2D eigenvalue weighted by Gasteiger charge is 2.50. The minimum absolute atomic E-state index is 0.397. The predicted octanol–water partition coefficient (Wildman–Crippen LogP) is 2.60. The lowest BCUT2D eigenvalue weighted by Crippen LogP contribution is -2.42. The molecule has 90 valence electrons. The highest BCUT2D eigenvalue weighted by molar-refractivity contribution is 7.55. The fraction of sp³-hybridized carbons (Fsp3) is 1.00. The maximum Gasteiger partial charge on any atom is 0.349 e. The van der Waals surface area contributed by atoms with E-state index in [1.807, 2.05) is 6.92 Å². The largest absolute Gasteiger partial charge is 0.349 e. The SMILES string of the molecule is COP(=O)(OC)[C@]1(C)CC[C@@H](C(C)C)N1. The summed E-state index contributed by atoms with van der Waals surface area (Å²) >= 11 is 0. The molecule has 1 aliphatic rings. The van der Waals surface area contributed by atoms with Crippen LogP contribution in [0.25, 0.3) is 0 Å². The molecule has 0 aromatic heterocycles. The molecule has 1 fully saturated rings. The van der Waals surface area contributed by atoms with Gasteiger partial charge in [0.25, 0.3) is 0 Å². The second kappa shape index (κ2) is 4.54. The Morgan fingerprint density at radius 3 is 2.27 bits per heavy atom. The quantitative estimate of drug-likeness (QED) is 0.761. The van der Waals surface area contributed by atoms with Crippen LogP contribution in [0.15, 0.2) is 0 Å². The van der Waals surface area contributed by atoms with Gasteiger partial charge in [0.1, 0.15) is 5.28 Å². The Morgan fingerprint density at radius 1 is 1.40 bits per heavy atom. The molecule has 0 aromatic rings. The van der Waals surface area contributed by atoms with Crippen LogP contribution >= 0.6 is 7.60 Å². The van der Waals surface area contributed by atoms with Crippen LogP contribution in [0, 0.1) is 5.92 Å². The Morgan fingerprint density at radius 2 is 1.93 bits per heavy atom. The molecular formula is C10H22NO3P. The Bertz CT molecular complexity index is 261. The number of nitrogens with one attached hydrogen (secondary N) is 1. The van der Waals surface area contributed by atoms with Crippen LogP contribution in [0.2, 0.25) is 0 Å². The van der Waals surface area contributed by atoms with Crippen molar-refractivity contribution in [3.8, 4) is 0 Å². The zero-order valence-electron chi connectivity index (χ0n) is 10.2. The van der Waals surface area contributed by atoms with E-state index in [1.165, 1.54) is 14.2 Å². The lowest BCUT2D eigenvalue weighted by molar-refractivity contribution is 0.237.